The van der Waals surface area contributed by atoms with E-state index in [1.54, 1.807) is 4.68 Å². The number of nitrogens with zero attached hydrogens (tertiary/aromatic N) is 3. The van der Waals surface area contributed by atoms with Crippen LogP contribution in [0.15, 0.2) is 60.0 Å². The number of aryl methyl sites for hydroxylation is 2. The molecule has 0 bridgehead atoms. The molecule has 1 aliphatic rings. The maximum Gasteiger partial charge on any atom is 0.229 e. The van der Waals surface area contributed by atoms with Crippen LogP contribution < -0.4 is 15.2 Å². The van der Waals surface area contributed by atoms with Crippen LogP contribution in [0.1, 0.15) is 42.1 Å². The lowest BCUT2D eigenvalue weighted by atomic mass is 9.84. The zero-order valence-corrected chi connectivity index (χ0v) is 17.5. The first kappa shape index (κ1) is 19.6. The molecule has 4 rings (SSSR count). The van der Waals surface area contributed by atoms with Crippen LogP contribution in [0.3, 0.4) is 0 Å². The molecule has 6 heteroatoms. The lowest BCUT2D eigenvalue weighted by Gasteiger charge is -2.25. The first-order valence-electron chi connectivity index (χ1n) is 9.89. The molecule has 0 saturated carbocycles. The Morgan fingerprint density at radius 2 is 1.77 bits per heavy atom. The molecular weight excluding hydrogens is 376 g/mol. The van der Waals surface area contributed by atoms with Gasteiger partial charge in [-0.3, -0.25) is 0 Å². The van der Waals surface area contributed by atoms with Crippen LogP contribution >= 0.6 is 0 Å². The quantitative estimate of drug-likeness (QED) is 0.697. The molecule has 0 unspecified atom stereocenters. The molecule has 6 nitrogen and oxygen atoms in total. The molecule has 0 amide bonds. The van der Waals surface area contributed by atoms with E-state index in [9.17, 15) is 5.26 Å². The van der Waals surface area contributed by atoms with Crippen LogP contribution in [0, 0.1) is 25.2 Å². The molecule has 0 spiro atoms. The normalized spacial score (nSPS) is 15.5. The Labute approximate surface area is 176 Å². The van der Waals surface area contributed by atoms with Crippen molar-refractivity contribution in [1.29, 1.82) is 5.26 Å². The second kappa shape index (κ2) is 7.60. The maximum atomic E-state index is 9.82. The number of hydrogen-bond acceptors (Lipinski definition) is 5. The topological polar surface area (TPSA) is 86.1 Å². The van der Waals surface area contributed by atoms with Gasteiger partial charge < -0.3 is 15.2 Å². The van der Waals surface area contributed by atoms with Gasteiger partial charge in [0.25, 0.3) is 0 Å². The second-order valence-corrected chi connectivity index (χ2v) is 7.71. The molecule has 0 aliphatic carbocycles. The summed E-state index contributed by atoms with van der Waals surface area (Å²) in [6, 6.07) is 18.0. The van der Waals surface area contributed by atoms with Crippen molar-refractivity contribution in [3.8, 4) is 23.4 Å². The van der Waals surface area contributed by atoms with Gasteiger partial charge in [-0.1, -0.05) is 29.8 Å². The van der Waals surface area contributed by atoms with E-state index >= 15 is 0 Å². The molecular formula is C24H24N4O2. The number of ether oxygens (including phenoxy) is 2. The van der Waals surface area contributed by atoms with Gasteiger partial charge in [0, 0.05) is 0 Å². The third-order valence-electron chi connectivity index (χ3n) is 5.10. The van der Waals surface area contributed by atoms with Crippen LogP contribution in [0.2, 0.25) is 0 Å². The van der Waals surface area contributed by atoms with E-state index in [1.807, 2.05) is 76.2 Å². The molecule has 1 atom stereocenters. The lowest BCUT2D eigenvalue weighted by Crippen LogP contribution is -2.22. The number of fused-ring (bicyclic) bond motifs is 1. The summed E-state index contributed by atoms with van der Waals surface area (Å²) >= 11 is 0. The molecule has 0 fully saturated rings. The Morgan fingerprint density at radius 3 is 2.37 bits per heavy atom. The maximum absolute atomic E-state index is 9.82. The van der Waals surface area contributed by atoms with E-state index in [2.05, 4.69) is 6.07 Å². The Hall–Kier alpha value is -3.72. The van der Waals surface area contributed by atoms with Gasteiger partial charge in [0.15, 0.2) is 0 Å². The average Bonchev–Trinajstić information content (AvgIpc) is 3.03. The van der Waals surface area contributed by atoms with Crippen molar-refractivity contribution < 1.29 is 9.47 Å². The standard InChI is InChI=1S/C24H24N4O2/c1-14(2)29-19-11-7-17(8-12-19)22-20(13-25)23(26)30-24-21(22)16(4)27-28(24)18-9-5-15(3)6-10-18/h5-12,14,22H,26H2,1-4H3/t22-/m1/s1. The molecule has 3 aromatic rings. The third kappa shape index (κ3) is 3.39. The molecule has 2 N–H and O–H groups in total. The van der Waals surface area contributed by atoms with Crippen molar-refractivity contribution in [3.63, 3.8) is 0 Å². The zero-order valence-electron chi connectivity index (χ0n) is 17.5. The van der Waals surface area contributed by atoms with Gasteiger partial charge in [0.05, 0.1) is 29.0 Å². The number of allylic oxidation sites excluding steroid dienone is 1. The van der Waals surface area contributed by atoms with Crippen molar-refractivity contribution in [2.75, 3.05) is 0 Å². The molecule has 2 heterocycles. The van der Waals surface area contributed by atoms with Gasteiger partial charge in [-0.2, -0.15) is 10.4 Å². The summed E-state index contributed by atoms with van der Waals surface area (Å²) in [5.74, 6) is 1.07. The second-order valence-electron chi connectivity index (χ2n) is 7.71. The van der Waals surface area contributed by atoms with Crippen molar-refractivity contribution in [2.24, 2.45) is 5.73 Å². The molecule has 1 aliphatic heterocycles. The minimum atomic E-state index is -0.356. The van der Waals surface area contributed by atoms with Crippen molar-refractivity contribution >= 4 is 0 Å². The smallest absolute Gasteiger partial charge is 0.229 e. The number of nitriles is 1. The average molecular weight is 400 g/mol. The van der Waals surface area contributed by atoms with E-state index in [-0.39, 0.29) is 17.9 Å². The summed E-state index contributed by atoms with van der Waals surface area (Å²) in [7, 11) is 0. The van der Waals surface area contributed by atoms with Crippen molar-refractivity contribution in [2.45, 2.75) is 39.7 Å². The highest BCUT2D eigenvalue weighted by molar-refractivity contribution is 5.57. The first-order valence-corrected chi connectivity index (χ1v) is 9.89. The van der Waals surface area contributed by atoms with Gasteiger partial charge in [-0.05, 0) is 57.5 Å². The molecule has 152 valence electrons. The summed E-state index contributed by atoms with van der Waals surface area (Å²) in [4.78, 5) is 0. The molecule has 30 heavy (non-hydrogen) atoms. The van der Waals surface area contributed by atoms with Crippen LogP contribution in [-0.4, -0.2) is 15.9 Å². The molecule has 0 saturated heterocycles. The van der Waals surface area contributed by atoms with Crippen LogP contribution in [-0.2, 0) is 0 Å². The molecule has 1 aromatic heterocycles. The van der Waals surface area contributed by atoms with Gasteiger partial charge in [0.2, 0.25) is 11.8 Å². The monoisotopic (exact) mass is 400 g/mol. The lowest BCUT2D eigenvalue weighted by molar-refractivity contribution is 0.242. The predicted octanol–water partition coefficient (Wildman–Crippen LogP) is 4.49. The SMILES string of the molecule is Cc1ccc(-n2nc(C)c3c2OC(N)=C(C#N)[C@H]3c2ccc(OC(C)C)cc2)cc1. The summed E-state index contributed by atoms with van der Waals surface area (Å²) < 4.78 is 13.4. The van der Waals surface area contributed by atoms with Gasteiger partial charge >= 0.3 is 0 Å². The Bertz CT molecular complexity index is 1150. The predicted molar refractivity (Wildman–Crippen MR) is 115 cm³/mol. The Balaban J connectivity index is 1.84. The zero-order chi connectivity index (χ0) is 21.4. The van der Waals surface area contributed by atoms with E-state index < -0.39 is 0 Å². The molecule has 2 aromatic carbocycles. The van der Waals surface area contributed by atoms with Gasteiger partial charge in [-0.15, -0.1) is 0 Å². The van der Waals surface area contributed by atoms with E-state index in [0.717, 1.165) is 33.8 Å². The number of hydrogen-bond donors (Lipinski definition) is 1. The highest BCUT2D eigenvalue weighted by Crippen LogP contribution is 2.44. The number of rotatable bonds is 4. The van der Waals surface area contributed by atoms with E-state index in [4.69, 9.17) is 20.3 Å². The first-order chi connectivity index (χ1) is 14.4. The number of nitrogens with two attached hydrogens (primary N) is 1. The van der Waals surface area contributed by atoms with Gasteiger partial charge in [-0.25, -0.2) is 4.68 Å². The van der Waals surface area contributed by atoms with E-state index in [1.165, 1.54) is 0 Å². The fourth-order valence-electron chi connectivity index (χ4n) is 3.72. The minimum absolute atomic E-state index is 0.0886. The van der Waals surface area contributed by atoms with Crippen LogP contribution in [0.5, 0.6) is 11.6 Å². The van der Waals surface area contributed by atoms with Crippen LogP contribution in [0.25, 0.3) is 5.69 Å². The minimum Gasteiger partial charge on any atom is -0.491 e. The van der Waals surface area contributed by atoms with E-state index in [0.29, 0.717) is 11.5 Å². The fraction of sp³-hybridized carbons (Fsp3) is 0.250. The fourth-order valence-corrected chi connectivity index (χ4v) is 3.72. The summed E-state index contributed by atoms with van der Waals surface area (Å²) in [6.07, 6.45) is 0.0886. The van der Waals surface area contributed by atoms with Crippen LogP contribution in [0.4, 0.5) is 0 Å². The summed E-state index contributed by atoms with van der Waals surface area (Å²) in [5.41, 5.74) is 11.2. The summed E-state index contributed by atoms with van der Waals surface area (Å²) in [5, 5.41) is 14.5. The third-order valence-corrected chi connectivity index (χ3v) is 5.10. The van der Waals surface area contributed by atoms with Gasteiger partial charge in [0.1, 0.15) is 17.4 Å². The largest absolute Gasteiger partial charge is 0.491 e. The van der Waals surface area contributed by atoms with Crippen molar-refractivity contribution in [1.82, 2.24) is 9.78 Å². The number of benzene rings is 2. The van der Waals surface area contributed by atoms with Crippen molar-refractivity contribution in [3.05, 3.63) is 82.4 Å². The Kier molecular flexibility index (Phi) is 4.96. The summed E-state index contributed by atoms with van der Waals surface area (Å²) in [6.45, 7) is 7.93. The Morgan fingerprint density at radius 1 is 1.10 bits per heavy atom. The number of aromatic nitrogens is 2. The highest BCUT2D eigenvalue weighted by Gasteiger charge is 2.36. The highest BCUT2D eigenvalue weighted by atomic mass is 16.5. The molecule has 0 radical (unpaired) electrons.